The molecule has 1 heterocycles. The second kappa shape index (κ2) is 4.78. The monoisotopic (exact) mass is 358 g/mol. The molecule has 0 aliphatic heterocycles. The van der Waals surface area contributed by atoms with Crippen LogP contribution in [0.2, 0.25) is 10.0 Å². The number of hydrogen-bond donors (Lipinski definition) is 1. The molecule has 0 saturated heterocycles. The van der Waals surface area contributed by atoms with E-state index in [9.17, 15) is 4.39 Å². The highest BCUT2D eigenvalue weighted by Crippen LogP contribution is 2.31. The summed E-state index contributed by atoms with van der Waals surface area (Å²) in [5.41, 5.74) is 2.26. The van der Waals surface area contributed by atoms with Gasteiger partial charge >= 0.3 is 0 Å². The minimum Gasteiger partial charge on any atom is -0.338 e. The average Bonchev–Trinajstić information content (AvgIpc) is 2.72. The Morgan fingerprint density at radius 3 is 2.58 bits per heavy atom. The van der Waals surface area contributed by atoms with Crippen LogP contribution >= 0.6 is 39.1 Å². The molecule has 0 spiro atoms. The Morgan fingerprint density at radius 1 is 1.11 bits per heavy atom. The Balaban J connectivity index is 2.20. The summed E-state index contributed by atoms with van der Waals surface area (Å²) in [7, 11) is 0. The van der Waals surface area contributed by atoms with Crippen molar-refractivity contribution in [2.75, 3.05) is 0 Å². The van der Waals surface area contributed by atoms with Gasteiger partial charge in [-0.15, -0.1) is 0 Å². The molecule has 3 rings (SSSR count). The molecule has 1 N–H and O–H groups in total. The van der Waals surface area contributed by atoms with Gasteiger partial charge in [0.1, 0.15) is 11.6 Å². The second-order valence-electron chi connectivity index (χ2n) is 3.99. The normalized spacial score (nSPS) is 11.2. The molecule has 2 nitrogen and oxygen atoms in total. The van der Waals surface area contributed by atoms with E-state index < -0.39 is 0 Å². The number of fused-ring (bicyclic) bond motifs is 1. The molecule has 19 heavy (non-hydrogen) atoms. The van der Waals surface area contributed by atoms with Gasteiger partial charge in [0.2, 0.25) is 0 Å². The first-order valence-corrected chi connectivity index (χ1v) is 6.89. The average molecular weight is 360 g/mol. The smallest absolute Gasteiger partial charge is 0.139 e. The largest absolute Gasteiger partial charge is 0.338 e. The molecular formula is C13H6BrCl2FN2. The van der Waals surface area contributed by atoms with Gasteiger partial charge in [-0.3, -0.25) is 0 Å². The number of nitrogens with one attached hydrogen (secondary N) is 1. The molecule has 2 aromatic carbocycles. The van der Waals surface area contributed by atoms with Crippen LogP contribution in [0.25, 0.3) is 22.4 Å². The first kappa shape index (κ1) is 12.9. The molecule has 0 saturated carbocycles. The summed E-state index contributed by atoms with van der Waals surface area (Å²) in [4.78, 5) is 7.56. The second-order valence-corrected chi connectivity index (χ2v) is 5.66. The third-order valence-electron chi connectivity index (χ3n) is 2.71. The molecule has 0 radical (unpaired) electrons. The van der Waals surface area contributed by atoms with Crippen LogP contribution in [0.5, 0.6) is 0 Å². The van der Waals surface area contributed by atoms with Crippen molar-refractivity contribution in [3.8, 4) is 11.4 Å². The number of hydrogen-bond acceptors (Lipinski definition) is 1. The van der Waals surface area contributed by atoms with Gasteiger partial charge in [-0.1, -0.05) is 23.2 Å². The maximum absolute atomic E-state index is 13.1. The fraction of sp³-hybridized carbons (Fsp3) is 0. The zero-order valence-electron chi connectivity index (χ0n) is 9.35. The van der Waals surface area contributed by atoms with Gasteiger partial charge in [-0.25, -0.2) is 9.37 Å². The van der Waals surface area contributed by atoms with E-state index in [4.69, 9.17) is 23.2 Å². The van der Waals surface area contributed by atoms with Crippen molar-refractivity contribution in [3.05, 3.63) is 50.7 Å². The van der Waals surface area contributed by atoms with Crippen LogP contribution in [0.3, 0.4) is 0 Å². The summed E-state index contributed by atoms with van der Waals surface area (Å²) in [6, 6.07) is 7.83. The minimum atomic E-state index is -0.308. The van der Waals surface area contributed by atoms with E-state index in [0.29, 0.717) is 25.9 Å². The van der Waals surface area contributed by atoms with Crippen molar-refractivity contribution in [2.24, 2.45) is 0 Å². The Hall–Kier alpha value is -1.10. The summed E-state index contributed by atoms with van der Waals surface area (Å²) in [5, 5.41) is 0.910. The molecule has 1 aromatic heterocycles. The Kier molecular flexibility index (Phi) is 3.25. The van der Waals surface area contributed by atoms with E-state index in [1.54, 1.807) is 18.2 Å². The first-order chi connectivity index (χ1) is 9.04. The zero-order chi connectivity index (χ0) is 13.6. The van der Waals surface area contributed by atoms with Crippen molar-refractivity contribution < 1.29 is 4.39 Å². The van der Waals surface area contributed by atoms with Gasteiger partial charge in [0.05, 0.1) is 21.1 Å². The van der Waals surface area contributed by atoms with Crippen molar-refractivity contribution in [1.82, 2.24) is 9.97 Å². The maximum Gasteiger partial charge on any atom is 0.139 e. The number of rotatable bonds is 1. The van der Waals surface area contributed by atoms with Crippen molar-refractivity contribution in [1.29, 1.82) is 0 Å². The molecule has 0 atom stereocenters. The van der Waals surface area contributed by atoms with Gasteiger partial charge in [0.25, 0.3) is 0 Å². The summed E-state index contributed by atoms with van der Waals surface area (Å²) < 4.78 is 13.7. The van der Waals surface area contributed by atoms with Crippen LogP contribution in [-0.4, -0.2) is 9.97 Å². The van der Waals surface area contributed by atoms with Gasteiger partial charge < -0.3 is 4.98 Å². The van der Waals surface area contributed by atoms with E-state index >= 15 is 0 Å². The standard InChI is InChI=1S/C13H6BrCl2FN2/c14-8-3-6(17)1-2-7(8)13-18-11-4-9(15)10(16)5-12(11)19-13/h1-5H,(H,18,19). The minimum absolute atomic E-state index is 0.308. The van der Waals surface area contributed by atoms with Crippen LogP contribution in [0.4, 0.5) is 4.39 Å². The number of H-pyrrole nitrogens is 1. The molecule has 6 heteroatoms. The SMILES string of the molecule is Fc1ccc(-c2nc3cc(Cl)c(Cl)cc3[nH]2)c(Br)c1. The topological polar surface area (TPSA) is 28.7 Å². The van der Waals surface area contributed by atoms with E-state index in [0.717, 1.165) is 11.1 Å². The number of halogens is 4. The fourth-order valence-corrected chi connectivity index (χ4v) is 2.67. The molecule has 0 amide bonds. The molecule has 0 bridgehead atoms. The maximum atomic E-state index is 13.1. The van der Waals surface area contributed by atoms with E-state index in [-0.39, 0.29) is 5.82 Å². The third-order valence-corrected chi connectivity index (χ3v) is 4.09. The van der Waals surface area contributed by atoms with Gasteiger partial charge in [-0.05, 0) is 46.3 Å². The van der Waals surface area contributed by atoms with E-state index in [2.05, 4.69) is 25.9 Å². The predicted octanol–water partition coefficient (Wildman–Crippen LogP) is 5.44. The summed E-state index contributed by atoms with van der Waals surface area (Å²) in [5.74, 6) is 0.318. The Morgan fingerprint density at radius 2 is 1.84 bits per heavy atom. The zero-order valence-corrected chi connectivity index (χ0v) is 12.4. The van der Waals surface area contributed by atoms with Crippen LogP contribution in [-0.2, 0) is 0 Å². The lowest BCUT2D eigenvalue weighted by atomic mass is 10.2. The van der Waals surface area contributed by atoms with E-state index in [1.165, 1.54) is 12.1 Å². The number of benzene rings is 2. The summed E-state index contributed by atoms with van der Waals surface area (Å²) in [6.07, 6.45) is 0. The van der Waals surface area contributed by atoms with Crippen LogP contribution in [0, 0.1) is 5.82 Å². The number of aromatic amines is 1. The number of aromatic nitrogens is 2. The lowest BCUT2D eigenvalue weighted by Crippen LogP contribution is -1.83. The molecule has 0 aliphatic carbocycles. The van der Waals surface area contributed by atoms with Gasteiger partial charge in [-0.2, -0.15) is 0 Å². The van der Waals surface area contributed by atoms with Crippen molar-refractivity contribution >= 4 is 50.2 Å². The van der Waals surface area contributed by atoms with Crippen molar-refractivity contribution in [3.63, 3.8) is 0 Å². The van der Waals surface area contributed by atoms with Crippen LogP contribution < -0.4 is 0 Å². The van der Waals surface area contributed by atoms with Crippen LogP contribution in [0.1, 0.15) is 0 Å². The lowest BCUT2D eigenvalue weighted by Gasteiger charge is -2.00. The first-order valence-electron chi connectivity index (χ1n) is 5.35. The molecular weight excluding hydrogens is 354 g/mol. The number of imidazole rings is 1. The third kappa shape index (κ3) is 2.36. The highest BCUT2D eigenvalue weighted by molar-refractivity contribution is 9.10. The Labute approximate surface area is 126 Å². The fourth-order valence-electron chi connectivity index (χ4n) is 1.81. The highest BCUT2D eigenvalue weighted by Gasteiger charge is 2.11. The molecule has 3 aromatic rings. The van der Waals surface area contributed by atoms with Crippen LogP contribution in [0.15, 0.2) is 34.8 Å². The van der Waals surface area contributed by atoms with Crippen molar-refractivity contribution in [2.45, 2.75) is 0 Å². The molecule has 0 fully saturated rings. The van der Waals surface area contributed by atoms with Gasteiger partial charge in [0, 0.05) is 10.0 Å². The van der Waals surface area contributed by atoms with Gasteiger partial charge in [0.15, 0.2) is 0 Å². The summed E-state index contributed by atoms with van der Waals surface area (Å²) >= 11 is 15.2. The summed E-state index contributed by atoms with van der Waals surface area (Å²) in [6.45, 7) is 0. The highest BCUT2D eigenvalue weighted by atomic mass is 79.9. The quantitative estimate of drug-likeness (QED) is 0.615. The Bertz CT molecular complexity index is 747. The lowest BCUT2D eigenvalue weighted by molar-refractivity contribution is 0.627. The number of nitrogens with zero attached hydrogens (tertiary/aromatic N) is 1. The predicted molar refractivity (Wildman–Crippen MR) is 79.2 cm³/mol. The molecule has 0 unspecified atom stereocenters. The molecule has 96 valence electrons. The van der Waals surface area contributed by atoms with E-state index in [1.807, 2.05) is 0 Å². The molecule has 0 aliphatic rings.